The third-order valence-corrected chi connectivity index (χ3v) is 3.03. The van der Waals surface area contributed by atoms with Gasteiger partial charge in [-0.05, 0) is 37.0 Å². The second kappa shape index (κ2) is 4.55. The summed E-state index contributed by atoms with van der Waals surface area (Å²) in [6.45, 7) is 6.16. The number of nitrogens with one attached hydrogen (secondary N) is 1. The molecule has 0 fully saturated rings. The largest absolute Gasteiger partial charge is 0.357 e. The number of benzene rings is 1. The Kier molecular flexibility index (Phi) is 3.08. The van der Waals surface area contributed by atoms with Gasteiger partial charge in [0, 0.05) is 11.1 Å². The fourth-order valence-electron chi connectivity index (χ4n) is 2.28. The molecule has 90 valence electrons. The second-order valence-electron chi connectivity index (χ2n) is 5.02. The Morgan fingerprint density at radius 2 is 1.94 bits per heavy atom. The van der Waals surface area contributed by atoms with Crippen LogP contribution in [0.15, 0.2) is 12.1 Å². The van der Waals surface area contributed by atoms with Crippen molar-refractivity contribution in [3.05, 3.63) is 34.5 Å². The van der Waals surface area contributed by atoms with Crippen LogP contribution in [0.3, 0.4) is 0 Å². The summed E-state index contributed by atoms with van der Waals surface area (Å²) < 4.78 is 0. The van der Waals surface area contributed by atoms with Crippen molar-refractivity contribution in [3.8, 4) is 12.1 Å². The van der Waals surface area contributed by atoms with Crippen molar-refractivity contribution in [2.24, 2.45) is 5.92 Å². The van der Waals surface area contributed by atoms with Gasteiger partial charge in [-0.25, -0.2) is 0 Å². The van der Waals surface area contributed by atoms with Crippen molar-refractivity contribution in [1.82, 2.24) is 4.98 Å². The van der Waals surface area contributed by atoms with Crippen molar-refractivity contribution in [2.45, 2.75) is 27.2 Å². The molecule has 0 atom stereocenters. The lowest BCUT2D eigenvalue weighted by Gasteiger charge is -2.01. The Hall–Kier alpha value is -2.26. The van der Waals surface area contributed by atoms with Gasteiger partial charge < -0.3 is 4.98 Å². The van der Waals surface area contributed by atoms with E-state index in [1.807, 2.05) is 13.0 Å². The number of aryl methyl sites for hydroxylation is 1. The predicted molar refractivity (Wildman–Crippen MR) is 71.0 cm³/mol. The molecule has 0 unspecified atom stereocenters. The molecule has 0 saturated carbocycles. The third-order valence-electron chi connectivity index (χ3n) is 3.03. The first-order chi connectivity index (χ1) is 8.56. The van der Waals surface area contributed by atoms with Crippen molar-refractivity contribution in [3.63, 3.8) is 0 Å². The third kappa shape index (κ3) is 1.96. The molecule has 0 bridgehead atoms. The minimum Gasteiger partial charge on any atom is -0.357 e. The Morgan fingerprint density at radius 1 is 1.22 bits per heavy atom. The molecule has 0 aliphatic rings. The van der Waals surface area contributed by atoms with E-state index in [-0.39, 0.29) is 0 Å². The summed E-state index contributed by atoms with van der Waals surface area (Å²) in [5, 5.41) is 19.3. The average molecular weight is 237 g/mol. The van der Waals surface area contributed by atoms with Crippen LogP contribution in [0.5, 0.6) is 0 Å². The van der Waals surface area contributed by atoms with E-state index in [2.05, 4.69) is 31.0 Å². The summed E-state index contributed by atoms with van der Waals surface area (Å²) in [6.07, 6.45) is 0.920. The van der Waals surface area contributed by atoms with Gasteiger partial charge in [0.15, 0.2) is 0 Å². The highest BCUT2D eigenvalue weighted by Crippen LogP contribution is 2.26. The number of nitriles is 2. The monoisotopic (exact) mass is 237 g/mol. The minimum atomic E-state index is 0.537. The van der Waals surface area contributed by atoms with Crippen LogP contribution < -0.4 is 0 Å². The van der Waals surface area contributed by atoms with E-state index in [9.17, 15) is 5.26 Å². The molecule has 3 heteroatoms. The van der Waals surface area contributed by atoms with Crippen LogP contribution in [-0.4, -0.2) is 4.98 Å². The van der Waals surface area contributed by atoms with Crippen LogP contribution >= 0.6 is 0 Å². The molecule has 1 aromatic carbocycles. The van der Waals surface area contributed by atoms with E-state index < -0.39 is 0 Å². The molecule has 1 aromatic heterocycles. The minimum absolute atomic E-state index is 0.537. The molecule has 0 aliphatic heterocycles. The maximum absolute atomic E-state index is 9.22. The fourth-order valence-corrected chi connectivity index (χ4v) is 2.28. The second-order valence-corrected chi connectivity index (χ2v) is 5.02. The van der Waals surface area contributed by atoms with Gasteiger partial charge in [0.1, 0.15) is 12.1 Å². The van der Waals surface area contributed by atoms with Crippen LogP contribution in [0.2, 0.25) is 0 Å². The lowest BCUT2D eigenvalue weighted by molar-refractivity contribution is 0.638. The number of fused-ring (bicyclic) bond motifs is 1. The molecule has 2 aromatic rings. The summed E-state index contributed by atoms with van der Waals surface area (Å²) >= 11 is 0. The lowest BCUT2D eigenvalue weighted by atomic mass is 10.0. The summed E-state index contributed by atoms with van der Waals surface area (Å²) in [5.41, 5.74) is 4.00. The number of H-pyrrole nitrogens is 1. The van der Waals surface area contributed by atoms with Crippen molar-refractivity contribution in [2.75, 3.05) is 0 Å². The van der Waals surface area contributed by atoms with Gasteiger partial charge in [0.2, 0.25) is 0 Å². The van der Waals surface area contributed by atoms with Crippen LogP contribution in [0.4, 0.5) is 0 Å². The standard InChI is InChI=1S/C15H15N3/c1-9(2)4-12-6-13-14(8-17)10(3)5-11(7-16)15(13)18-12/h5-6,9,18H,4H2,1-3H3. The molecule has 3 nitrogen and oxygen atoms in total. The van der Waals surface area contributed by atoms with Crippen molar-refractivity contribution in [1.29, 1.82) is 10.5 Å². The van der Waals surface area contributed by atoms with E-state index >= 15 is 0 Å². The van der Waals surface area contributed by atoms with Gasteiger partial charge in [-0.2, -0.15) is 10.5 Å². The first kappa shape index (κ1) is 12.2. The van der Waals surface area contributed by atoms with Gasteiger partial charge in [0.25, 0.3) is 0 Å². The van der Waals surface area contributed by atoms with E-state index in [1.54, 1.807) is 6.07 Å². The molecule has 0 radical (unpaired) electrons. The highest BCUT2D eigenvalue weighted by Gasteiger charge is 2.13. The van der Waals surface area contributed by atoms with E-state index in [4.69, 9.17) is 5.26 Å². The van der Waals surface area contributed by atoms with Crippen molar-refractivity contribution >= 4 is 10.9 Å². The molecule has 0 spiro atoms. The molecule has 2 rings (SSSR count). The number of aromatic nitrogens is 1. The molecule has 1 N–H and O–H groups in total. The van der Waals surface area contributed by atoms with Crippen molar-refractivity contribution < 1.29 is 0 Å². The molecule has 0 saturated heterocycles. The molecule has 18 heavy (non-hydrogen) atoms. The SMILES string of the molecule is Cc1cc(C#N)c2[nH]c(CC(C)C)cc2c1C#N. The van der Waals surface area contributed by atoms with E-state index in [1.165, 1.54) is 0 Å². The zero-order chi connectivity index (χ0) is 13.3. The number of hydrogen-bond donors (Lipinski definition) is 1. The Bertz CT molecular complexity index is 678. The van der Waals surface area contributed by atoms with Gasteiger partial charge in [0.05, 0.1) is 16.6 Å². The molecular formula is C15H15N3. The van der Waals surface area contributed by atoms with Gasteiger partial charge in [-0.3, -0.25) is 0 Å². The van der Waals surface area contributed by atoms with E-state index in [0.29, 0.717) is 17.0 Å². The van der Waals surface area contributed by atoms with Crippen LogP contribution in [-0.2, 0) is 6.42 Å². The Labute approximate surface area is 107 Å². The topological polar surface area (TPSA) is 63.4 Å². The first-order valence-electron chi connectivity index (χ1n) is 6.02. The average Bonchev–Trinajstić information content (AvgIpc) is 2.70. The smallest absolute Gasteiger partial charge is 0.101 e. The lowest BCUT2D eigenvalue weighted by Crippen LogP contribution is -1.93. The van der Waals surface area contributed by atoms with Gasteiger partial charge in [-0.1, -0.05) is 13.8 Å². The fraction of sp³-hybridized carbons (Fsp3) is 0.333. The predicted octanol–water partition coefficient (Wildman–Crippen LogP) is 3.42. The van der Waals surface area contributed by atoms with E-state index in [0.717, 1.165) is 28.6 Å². The zero-order valence-electron chi connectivity index (χ0n) is 10.8. The highest BCUT2D eigenvalue weighted by molar-refractivity contribution is 5.91. The maximum Gasteiger partial charge on any atom is 0.101 e. The number of rotatable bonds is 2. The van der Waals surface area contributed by atoms with Crippen LogP contribution in [0.25, 0.3) is 10.9 Å². The number of nitrogens with zero attached hydrogens (tertiary/aromatic N) is 2. The maximum atomic E-state index is 9.22. The molecule has 0 amide bonds. The Morgan fingerprint density at radius 3 is 2.50 bits per heavy atom. The normalized spacial score (nSPS) is 10.6. The summed E-state index contributed by atoms with van der Waals surface area (Å²) in [6, 6.07) is 8.19. The molecular weight excluding hydrogens is 222 g/mol. The van der Waals surface area contributed by atoms with Gasteiger partial charge >= 0.3 is 0 Å². The van der Waals surface area contributed by atoms with Crippen LogP contribution in [0, 0.1) is 35.5 Å². The molecule has 1 heterocycles. The molecule has 0 aliphatic carbocycles. The Balaban J connectivity index is 2.74. The number of hydrogen-bond acceptors (Lipinski definition) is 2. The summed E-state index contributed by atoms with van der Waals surface area (Å²) in [4.78, 5) is 3.27. The number of aromatic amines is 1. The zero-order valence-corrected chi connectivity index (χ0v) is 10.8. The van der Waals surface area contributed by atoms with Crippen LogP contribution in [0.1, 0.15) is 36.2 Å². The quantitative estimate of drug-likeness (QED) is 0.869. The summed E-state index contributed by atoms with van der Waals surface area (Å²) in [7, 11) is 0. The summed E-state index contributed by atoms with van der Waals surface area (Å²) in [5.74, 6) is 0.537. The first-order valence-corrected chi connectivity index (χ1v) is 6.02. The highest BCUT2D eigenvalue weighted by atomic mass is 14.7. The van der Waals surface area contributed by atoms with Gasteiger partial charge in [-0.15, -0.1) is 0 Å².